The third kappa shape index (κ3) is 1.50. The maximum absolute atomic E-state index is 12.4. The largest absolute Gasteiger partial charge is 0.355 e. The number of carbonyl (C=O) groups is 2. The number of hydrogen-bond donors (Lipinski definition) is 0. The van der Waals surface area contributed by atoms with Crippen molar-refractivity contribution in [2.24, 2.45) is 0 Å². The van der Waals surface area contributed by atoms with E-state index < -0.39 is 11.8 Å². The highest BCUT2D eigenvalue weighted by atomic mass is 16.5. The molecule has 104 valence electrons. The maximum atomic E-state index is 12.4. The van der Waals surface area contributed by atoms with Crippen molar-refractivity contribution in [3.8, 4) is 0 Å². The van der Waals surface area contributed by atoms with Crippen LogP contribution in [0, 0.1) is 6.57 Å². The zero-order chi connectivity index (χ0) is 15.3. The second-order valence-electron chi connectivity index (χ2n) is 4.79. The van der Waals surface area contributed by atoms with Crippen molar-refractivity contribution in [1.82, 2.24) is 5.16 Å². The summed E-state index contributed by atoms with van der Waals surface area (Å²) in [6.07, 6.45) is 0. The Morgan fingerprint density at radius 3 is 2.36 bits per heavy atom. The first kappa shape index (κ1) is 12.3. The van der Waals surface area contributed by atoms with Crippen LogP contribution in [-0.4, -0.2) is 17.0 Å². The normalized spacial score (nSPS) is 13.5. The highest BCUT2D eigenvalue weighted by Crippen LogP contribution is 2.34. The first-order valence-electron chi connectivity index (χ1n) is 6.45. The fourth-order valence-corrected chi connectivity index (χ4v) is 2.53. The lowest BCUT2D eigenvalue weighted by molar-refractivity contribution is 0.0924. The minimum Gasteiger partial charge on any atom is -0.355 e. The first-order valence-corrected chi connectivity index (χ1v) is 6.45. The summed E-state index contributed by atoms with van der Waals surface area (Å²) < 4.78 is 5.16. The summed E-state index contributed by atoms with van der Waals surface area (Å²) in [5.74, 6) is -0.701. The van der Waals surface area contributed by atoms with E-state index in [1.807, 2.05) is 0 Å². The highest BCUT2D eigenvalue weighted by Gasteiger charge is 2.38. The molecule has 6 heteroatoms. The summed E-state index contributed by atoms with van der Waals surface area (Å²) in [6, 6.07) is 11.4. The number of amides is 2. The molecule has 4 rings (SSSR count). The van der Waals surface area contributed by atoms with E-state index in [1.165, 1.54) is 6.07 Å². The van der Waals surface area contributed by atoms with Crippen molar-refractivity contribution in [2.75, 3.05) is 4.90 Å². The Hall–Kier alpha value is -3.46. The van der Waals surface area contributed by atoms with Crippen LogP contribution in [0.1, 0.15) is 20.7 Å². The molecule has 2 heterocycles. The van der Waals surface area contributed by atoms with E-state index in [9.17, 15) is 9.59 Å². The van der Waals surface area contributed by atoms with Crippen LogP contribution in [0.15, 0.2) is 47.0 Å². The number of carbonyl (C=O) groups excluding carboxylic acids is 2. The molecule has 22 heavy (non-hydrogen) atoms. The Labute approximate surface area is 124 Å². The van der Waals surface area contributed by atoms with Crippen molar-refractivity contribution in [1.29, 1.82) is 0 Å². The Kier molecular flexibility index (Phi) is 2.38. The molecule has 6 nitrogen and oxygen atoms in total. The van der Waals surface area contributed by atoms with Crippen LogP contribution in [0.3, 0.4) is 0 Å². The number of hydrogen-bond acceptors (Lipinski definition) is 4. The number of fused-ring (bicyclic) bond motifs is 2. The lowest BCUT2D eigenvalue weighted by Crippen LogP contribution is -2.29. The van der Waals surface area contributed by atoms with Gasteiger partial charge in [0.15, 0.2) is 17.1 Å². The molecule has 2 amide bonds. The predicted molar refractivity (Wildman–Crippen MR) is 77.9 cm³/mol. The third-order valence-corrected chi connectivity index (χ3v) is 3.57. The summed E-state index contributed by atoms with van der Waals surface area (Å²) in [6.45, 7) is 6.99. The molecule has 0 N–H and O–H groups in total. The summed E-state index contributed by atoms with van der Waals surface area (Å²) in [7, 11) is 0. The van der Waals surface area contributed by atoms with Crippen molar-refractivity contribution in [3.05, 3.63) is 65.0 Å². The molecule has 1 aromatic heterocycles. The molecule has 0 saturated carbocycles. The molecule has 0 unspecified atom stereocenters. The number of rotatable bonds is 1. The molecule has 0 radical (unpaired) electrons. The van der Waals surface area contributed by atoms with Gasteiger partial charge < -0.3 is 4.52 Å². The second-order valence-corrected chi connectivity index (χ2v) is 4.79. The topological polar surface area (TPSA) is 67.8 Å². The van der Waals surface area contributed by atoms with Crippen LogP contribution in [0.5, 0.6) is 0 Å². The molecule has 3 aromatic rings. The lowest BCUT2D eigenvalue weighted by atomic mass is 10.1. The standard InChI is InChI=1S/C16H7N3O3/c1-17-9-6-7-12-13(8-9)22-18-14(12)19-15(20)10-4-2-3-5-11(10)16(19)21/h2-8H. The smallest absolute Gasteiger partial charge is 0.267 e. The van der Waals surface area contributed by atoms with Crippen molar-refractivity contribution in [3.63, 3.8) is 0 Å². The molecule has 2 aromatic carbocycles. The van der Waals surface area contributed by atoms with Gasteiger partial charge in [0.1, 0.15) is 0 Å². The van der Waals surface area contributed by atoms with E-state index in [4.69, 9.17) is 11.1 Å². The van der Waals surface area contributed by atoms with E-state index in [0.717, 1.165) is 4.90 Å². The minimum atomic E-state index is -0.426. The van der Waals surface area contributed by atoms with E-state index in [1.54, 1.807) is 36.4 Å². The second kappa shape index (κ2) is 4.27. The van der Waals surface area contributed by atoms with E-state index in [-0.39, 0.29) is 5.82 Å². The van der Waals surface area contributed by atoms with Crippen LogP contribution in [0.4, 0.5) is 11.5 Å². The van der Waals surface area contributed by atoms with E-state index >= 15 is 0 Å². The molecule has 1 aliphatic heterocycles. The zero-order valence-electron chi connectivity index (χ0n) is 11.1. The van der Waals surface area contributed by atoms with Gasteiger partial charge in [0.2, 0.25) is 0 Å². The van der Waals surface area contributed by atoms with Gasteiger partial charge in [-0.1, -0.05) is 29.4 Å². The Morgan fingerprint density at radius 2 is 1.73 bits per heavy atom. The average molecular weight is 289 g/mol. The third-order valence-electron chi connectivity index (χ3n) is 3.57. The summed E-state index contributed by atoms with van der Waals surface area (Å²) in [4.78, 5) is 29.2. The van der Waals surface area contributed by atoms with Crippen molar-refractivity contribution >= 4 is 34.3 Å². The summed E-state index contributed by atoms with van der Waals surface area (Å²) >= 11 is 0. The molecular weight excluding hydrogens is 282 g/mol. The van der Waals surface area contributed by atoms with Gasteiger partial charge in [-0.2, -0.15) is 0 Å². The highest BCUT2D eigenvalue weighted by molar-refractivity contribution is 6.35. The Bertz CT molecular complexity index is 962. The first-order chi connectivity index (χ1) is 10.7. The van der Waals surface area contributed by atoms with Gasteiger partial charge in [-0.05, 0) is 18.2 Å². The lowest BCUT2D eigenvalue weighted by Gasteiger charge is -2.09. The fraction of sp³-hybridized carbons (Fsp3) is 0. The van der Waals surface area contributed by atoms with Gasteiger partial charge in [0.25, 0.3) is 11.8 Å². The number of imide groups is 1. The number of anilines is 1. The van der Waals surface area contributed by atoms with Gasteiger partial charge in [0, 0.05) is 0 Å². The fourth-order valence-electron chi connectivity index (χ4n) is 2.53. The molecular formula is C16H7N3O3. The minimum absolute atomic E-state index is 0.151. The molecule has 0 aliphatic carbocycles. The van der Waals surface area contributed by atoms with E-state index in [2.05, 4.69) is 10.0 Å². The Morgan fingerprint density at radius 1 is 1.05 bits per heavy atom. The molecule has 0 atom stereocenters. The predicted octanol–water partition coefficient (Wildman–Crippen LogP) is 3.18. The maximum Gasteiger partial charge on any atom is 0.267 e. The van der Waals surface area contributed by atoms with Gasteiger partial charge in [0.05, 0.1) is 23.1 Å². The molecule has 0 fully saturated rings. The summed E-state index contributed by atoms with van der Waals surface area (Å²) in [5, 5.41) is 4.36. The summed E-state index contributed by atoms with van der Waals surface area (Å²) in [5.41, 5.74) is 1.46. The van der Waals surface area contributed by atoms with Crippen LogP contribution >= 0.6 is 0 Å². The van der Waals surface area contributed by atoms with Crippen molar-refractivity contribution in [2.45, 2.75) is 0 Å². The van der Waals surface area contributed by atoms with Gasteiger partial charge in [-0.15, -0.1) is 0 Å². The quantitative estimate of drug-likeness (QED) is 0.509. The molecule has 0 bridgehead atoms. The molecule has 0 spiro atoms. The number of nitrogens with zero attached hydrogens (tertiary/aromatic N) is 3. The van der Waals surface area contributed by atoms with Gasteiger partial charge in [-0.25, -0.2) is 9.74 Å². The van der Waals surface area contributed by atoms with Crippen LogP contribution in [0.2, 0.25) is 0 Å². The zero-order valence-corrected chi connectivity index (χ0v) is 11.1. The van der Waals surface area contributed by atoms with Crippen LogP contribution in [-0.2, 0) is 0 Å². The van der Waals surface area contributed by atoms with Crippen LogP contribution in [0.25, 0.3) is 15.8 Å². The number of aromatic nitrogens is 1. The monoisotopic (exact) mass is 289 g/mol. The van der Waals surface area contributed by atoms with Crippen LogP contribution < -0.4 is 4.90 Å². The Balaban J connectivity index is 1.89. The van der Waals surface area contributed by atoms with Gasteiger partial charge in [-0.3, -0.25) is 9.59 Å². The number of benzene rings is 2. The SMILES string of the molecule is [C-]#[N+]c1ccc2c(N3C(=O)c4ccccc4C3=O)noc2c1. The van der Waals surface area contributed by atoms with E-state index in [0.29, 0.717) is 27.8 Å². The molecule has 0 saturated heterocycles. The molecule has 1 aliphatic rings. The van der Waals surface area contributed by atoms with Gasteiger partial charge >= 0.3 is 0 Å². The van der Waals surface area contributed by atoms with Crippen molar-refractivity contribution < 1.29 is 14.1 Å². The average Bonchev–Trinajstić information content (AvgIpc) is 3.07.